The highest BCUT2D eigenvalue weighted by molar-refractivity contribution is 5.89. The van der Waals surface area contributed by atoms with Gasteiger partial charge in [0, 0.05) is 0 Å². The molecule has 15 heavy (non-hydrogen) atoms. The van der Waals surface area contributed by atoms with Crippen molar-refractivity contribution in [2.45, 2.75) is 13.3 Å². The Kier molecular flexibility index (Phi) is 3.60. The number of hydrogen-bond donors (Lipinski definition) is 1. The van der Waals surface area contributed by atoms with Crippen molar-refractivity contribution in [1.82, 2.24) is 0 Å². The van der Waals surface area contributed by atoms with Crippen LogP contribution in [0.15, 0.2) is 18.2 Å². The van der Waals surface area contributed by atoms with E-state index in [2.05, 4.69) is 0 Å². The fourth-order valence-corrected chi connectivity index (χ4v) is 1.08. The molecule has 1 N–H and O–H groups in total. The molecule has 1 rings (SSSR count). The Morgan fingerprint density at radius 3 is 2.73 bits per heavy atom. The molecule has 0 aliphatic carbocycles. The van der Waals surface area contributed by atoms with Crippen LogP contribution < -0.4 is 4.74 Å². The van der Waals surface area contributed by atoms with Gasteiger partial charge in [0.05, 0.1) is 5.56 Å². The van der Waals surface area contributed by atoms with Crippen LogP contribution in [0.3, 0.4) is 0 Å². The lowest BCUT2D eigenvalue weighted by molar-refractivity contribution is 0.0694. The Hall–Kier alpha value is -1.65. The molecule has 0 aliphatic heterocycles. The quantitative estimate of drug-likeness (QED) is 0.840. The predicted octanol–water partition coefficient (Wildman–Crippen LogP) is 2.34. The Balaban J connectivity index is 2.83. The molecule has 0 aromatic heterocycles. The van der Waals surface area contributed by atoms with Crippen LogP contribution in [-0.2, 0) is 0 Å². The second-order valence-electron chi connectivity index (χ2n) is 2.98. The van der Waals surface area contributed by atoms with Crippen LogP contribution in [0.5, 0.6) is 5.75 Å². The number of rotatable bonds is 4. The largest absolute Gasteiger partial charge is 0.488 e. The molecule has 5 heteroatoms. The first-order valence-electron chi connectivity index (χ1n) is 4.25. The van der Waals surface area contributed by atoms with E-state index < -0.39 is 19.0 Å². The Bertz CT molecular complexity index is 364. The first-order chi connectivity index (χ1) is 7.00. The van der Waals surface area contributed by atoms with Crippen molar-refractivity contribution in [1.29, 1.82) is 0 Å². The number of aromatic carboxylic acids is 1. The van der Waals surface area contributed by atoms with E-state index in [1.165, 1.54) is 18.2 Å². The number of halogens is 2. The average Bonchev–Trinajstić information content (AvgIpc) is 2.16. The van der Waals surface area contributed by atoms with E-state index in [1.807, 2.05) is 0 Å². The van der Waals surface area contributed by atoms with Crippen LogP contribution in [-0.4, -0.2) is 24.1 Å². The second kappa shape index (κ2) is 4.72. The minimum absolute atomic E-state index is 0.0572. The molecule has 0 radical (unpaired) electrons. The first-order valence-corrected chi connectivity index (χ1v) is 4.25. The molecule has 0 unspecified atom stereocenters. The highest BCUT2D eigenvalue weighted by Gasteiger charge is 2.09. The number of hydrogen-bond acceptors (Lipinski definition) is 2. The smallest absolute Gasteiger partial charge is 0.336 e. The number of carbonyl (C=O) groups is 1. The summed E-state index contributed by atoms with van der Waals surface area (Å²) in [6.07, 6.45) is -2.57. The number of aryl methyl sites for hydroxylation is 1. The summed E-state index contributed by atoms with van der Waals surface area (Å²) in [6.45, 7) is 0.891. The third kappa shape index (κ3) is 3.19. The molecular weight excluding hydrogens is 206 g/mol. The maximum Gasteiger partial charge on any atom is 0.336 e. The van der Waals surface area contributed by atoms with Gasteiger partial charge < -0.3 is 9.84 Å². The summed E-state index contributed by atoms with van der Waals surface area (Å²) >= 11 is 0. The molecule has 0 saturated heterocycles. The Morgan fingerprint density at radius 2 is 2.20 bits per heavy atom. The van der Waals surface area contributed by atoms with Crippen molar-refractivity contribution in [3.05, 3.63) is 29.3 Å². The minimum atomic E-state index is -2.57. The van der Waals surface area contributed by atoms with Gasteiger partial charge in [0.25, 0.3) is 6.43 Å². The lowest BCUT2D eigenvalue weighted by atomic mass is 10.1. The Morgan fingerprint density at radius 1 is 1.53 bits per heavy atom. The lowest BCUT2D eigenvalue weighted by Gasteiger charge is -2.07. The average molecular weight is 216 g/mol. The van der Waals surface area contributed by atoms with E-state index in [9.17, 15) is 13.6 Å². The molecular formula is C10H10F2O3. The van der Waals surface area contributed by atoms with Gasteiger partial charge in [-0.2, -0.15) is 0 Å². The third-order valence-corrected chi connectivity index (χ3v) is 1.82. The lowest BCUT2D eigenvalue weighted by Crippen LogP contribution is -2.08. The summed E-state index contributed by atoms with van der Waals surface area (Å²) in [4.78, 5) is 10.7. The molecule has 3 nitrogen and oxygen atoms in total. The number of carboxylic acid groups (broad SMARTS) is 1. The number of benzene rings is 1. The number of alkyl halides is 2. The van der Waals surface area contributed by atoms with Gasteiger partial charge in [-0.05, 0) is 24.6 Å². The van der Waals surface area contributed by atoms with Gasteiger partial charge in [-0.15, -0.1) is 0 Å². The van der Waals surface area contributed by atoms with E-state index in [1.54, 1.807) is 6.92 Å². The van der Waals surface area contributed by atoms with Crippen LogP contribution in [0.4, 0.5) is 8.78 Å². The van der Waals surface area contributed by atoms with E-state index >= 15 is 0 Å². The monoisotopic (exact) mass is 216 g/mol. The molecule has 0 fully saturated rings. The summed E-state index contributed by atoms with van der Waals surface area (Å²) in [5, 5.41) is 8.76. The summed E-state index contributed by atoms with van der Waals surface area (Å²) in [7, 11) is 0. The van der Waals surface area contributed by atoms with Gasteiger partial charge in [-0.3, -0.25) is 0 Å². The normalized spacial score (nSPS) is 10.4. The Labute approximate surface area is 85.3 Å². The number of carboxylic acids is 1. The zero-order chi connectivity index (χ0) is 11.4. The highest BCUT2D eigenvalue weighted by Crippen LogP contribution is 2.17. The van der Waals surface area contributed by atoms with Crippen molar-refractivity contribution in [3.8, 4) is 5.75 Å². The molecule has 82 valence electrons. The standard InChI is InChI=1S/C10H10F2O3/c1-6-2-3-7(15-5-9(11)12)4-8(6)10(13)14/h2-4,9H,5H2,1H3,(H,13,14). The maximum atomic E-state index is 11.8. The summed E-state index contributed by atoms with van der Waals surface area (Å²) < 4.78 is 28.3. The van der Waals surface area contributed by atoms with Gasteiger partial charge in [0.2, 0.25) is 0 Å². The van der Waals surface area contributed by atoms with E-state index in [0.29, 0.717) is 5.56 Å². The molecule has 0 amide bonds. The molecule has 0 aliphatic rings. The van der Waals surface area contributed by atoms with Gasteiger partial charge in [0.15, 0.2) is 0 Å². The molecule has 0 bridgehead atoms. The molecule has 0 atom stereocenters. The van der Waals surface area contributed by atoms with Crippen molar-refractivity contribution in [2.75, 3.05) is 6.61 Å². The summed E-state index contributed by atoms with van der Waals surface area (Å²) in [5.41, 5.74) is 0.619. The van der Waals surface area contributed by atoms with Crippen LogP contribution in [0.2, 0.25) is 0 Å². The van der Waals surface area contributed by atoms with Crippen LogP contribution in [0.1, 0.15) is 15.9 Å². The van der Waals surface area contributed by atoms with E-state index in [-0.39, 0.29) is 11.3 Å². The highest BCUT2D eigenvalue weighted by atomic mass is 19.3. The fourth-order valence-electron chi connectivity index (χ4n) is 1.08. The molecule has 0 spiro atoms. The van der Waals surface area contributed by atoms with Gasteiger partial charge in [0.1, 0.15) is 12.4 Å². The van der Waals surface area contributed by atoms with Crippen LogP contribution >= 0.6 is 0 Å². The zero-order valence-electron chi connectivity index (χ0n) is 8.04. The van der Waals surface area contributed by atoms with Gasteiger partial charge in [-0.1, -0.05) is 6.07 Å². The molecule has 0 saturated carbocycles. The first kappa shape index (κ1) is 11.4. The fraction of sp³-hybridized carbons (Fsp3) is 0.300. The maximum absolute atomic E-state index is 11.8. The molecule has 1 aromatic rings. The minimum Gasteiger partial charge on any atom is -0.488 e. The van der Waals surface area contributed by atoms with Crippen molar-refractivity contribution in [2.24, 2.45) is 0 Å². The summed E-state index contributed by atoms with van der Waals surface area (Å²) in [5.74, 6) is -0.965. The van der Waals surface area contributed by atoms with Crippen molar-refractivity contribution in [3.63, 3.8) is 0 Å². The SMILES string of the molecule is Cc1ccc(OCC(F)F)cc1C(=O)O. The van der Waals surface area contributed by atoms with Gasteiger partial charge in [-0.25, -0.2) is 13.6 Å². The van der Waals surface area contributed by atoms with Crippen molar-refractivity contribution < 1.29 is 23.4 Å². The molecule has 1 aromatic carbocycles. The van der Waals surface area contributed by atoms with E-state index in [4.69, 9.17) is 9.84 Å². The zero-order valence-corrected chi connectivity index (χ0v) is 8.04. The second-order valence-corrected chi connectivity index (χ2v) is 2.98. The van der Waals surface area contributed by atoms with Crippen molar-refractivity contribution >= 4 is 5.97 Å². The van der Waals surface area contributed by atoms with Gasteiger partial charge >= 0.3 is 5.97 Å². The molecule has 0 heterocycles. The third-order valence-electron chi connectivity index (χ3n) is 1.82. The van der Waals surface area contributed by atoms with Crippen LogP contribution in [0.25, 0.3) is 0 Å². The predicted molar refractivity (Wildman–Crippen MR) is 49.6 cm³/mol. The van der Waals surface area contributed by atoms with E-state index in [0.717, 1.165) is 0 Å². The summed E-state index contributed by atoms with van der Waals surface area (Å²) in [6, 6.07) is 4.22. The topological polar surface area (TPSA) is 46.5 Å². The van der Waals surface area contributed by atoms with Crippen LogP contribution in [0, 0.1) is 6.92 Å². The number of ether oxygens (including phenoxy) is 1.